The van der Waals surface area contributed by atoms with E-state index in [4.69, 9.17) is 4.74 Å². The van der Waals surface area contributed by atoms with Crippen LogP contribution in [0.4, 0.5) is 0 Å². The van der Waals surface area contributed by atoms with E-state index < -0.39 is 0 Å². The van der Waals surface area contributed by atoms with Crippen LogP contribution in [0.1, 0.15) is 30.7 Å². The van der Waals surface area contributed by atoms with Crippen LogP contribution in [0.3, 0.4) is 0 Å². The van der Waals surface area contributed by atoms with Crippen LogP contribution in [0, 0.1) is 0 Å². The van der Waals surface area contributed by atoms with Crippen LogP contribution in [0.5, 0.6) is 5.75 Å². The third-order valence-electron chi connectivity index (χ3n) is 4.24. The Hall–Kier alpha value is -2.30. The van der Waals surface area contributed by atoms with Gasteiger partial charge in [0.25, 0.3) is 0 Å². The highest BCUT2D eigenvalue weighted by molar-refractivity contribution is 5.87. The zero-order valence-corrected chi connectivity index (χ0v) is 13.6. The van der Waals surface area contributed by atoms with E-state index in [1.807, 2.05) is 17.0 Å². The largest absolute Gasteiger partial charge is 0.497 e. The minimum Gasteiger partial charge on any atom is -0.497 e. The first-order chi connectivity index (χ1) is 11.1. The van der Waals surface area contributed by atoms with Gasteiger partial charge in [0.05, 0.1) is 7.11 Å². The summed E-state index contributed by atoms with van der Waals surface area (Å²) in [7, 11) is 1.67. The second kappa shape index (κ2) is 8.36. The van der Waals surface area contributed by atoms with Gasteiger partial charge in [-0.15, -0.1) is 0 Å². The predicted molar refractivity (Wildman–Crippen MR) is 89.4 cm³/mol. The van der Waals surface area contributed by atoms with Crippen LogP contribution >= 0.6 is 0 Å². The van der Waals surface area contributed by atoms with Crippen molar-refractivity contribution in [2.24, 2.45) is 0 Å². The SMILES string of the molecule is C=CC(=O)NCCC(=O)N1CCC(c2cccc(OC)c2)CC1. The molecule has 1 aliphatic heterocycles. The maximum Gasteiger partial charge on any atom is 0.243 e. The summed E-state index contributed by atoms with van der Waals surface area (Å²) in [6.07, 6.45) is 3.46. The van der Waals surface area contributed by atoms with Crippen LogP contribution < -0.4 is 10.1 Å². The van der Waals surface area contributed by atoms with E-state index in [9.17, 15) is 9.59 Å². The molecule has 2 rings (SSSR count). The molecule has 0 radical (unpaired) electrons. The van der Waals surface area contributed by atoms with E-state index in [2.05, 4.69) is 24.0 Å². The van der Waals surface area contributed by atoms with E-state index in [-0.39, 0.29) is 11.8 Å². The molecule has 0 spiro atoms. The molecule has 23 heavy (non-hydrogen) atoms. The van der Waals surface area contributed by atoms with Gasteiger partial charge in [0, 0.05) is 26.1 Å². The zero-order chi connectivity index (χ0) is 16.7. The maximum atomic E-state index is 12.1. The number of ether oxygens (including phenoxy) is 1. The molecular formula is C18H24N2O3. The number of carbonyl (C=O) groups excluding carboxylic acids is 2. The number of hydrogen-bond acceptors (Lipinski definition) is 3. The minimum atomic E-state index is -0.241. The molecule has 0 bridgehead atoms. The number of hydrogen-bond donors (Lipinski definition) is 1. The lowest BCUT2D eigenvalue weighted by Crippen LogP contribution is -2.39. The van der Waals surface area contributed by atoms with Crippen LogP contribution in [0.25, 0.3) is 0 Å². The highest BCUT2D eigenvalue weighted by Gasteiger charge is 2.23. The van der Waals surface area contributed by atoms with Crippen LogP contribution in [-0.2, 0) is 9.59 Å². The molecule has 1 aromatic carbocycles. The average molecular weight is 316 g/mol. The van der Waals surface area contributed by atoms with E-state index in [1.54, 1.807) is 7.11 Å². The highest BCUT2D eigenvalue weighted by Crippen LogP contribution is 2.30. The van der Waals surface area contributed by atoms with Gasteiger partial charge in [-0.25, -0.2) is 0 Å². The van der Waals surface area contributed by atoms with Gasteiger partial charge >= 0.3 is 0 Å². The number of nitrogens with zero attached hydrogens (tertiary/aromatic N) is 1. The van der Waals surface area contributed by atoms with Crippen molar-refractivity contribution in [3.8, 4) is 5.75 Å². The first kappa shape index (κ1) is 17.1. The molecule has 2 amide bonds. The minimum absolute atomic E-state index is 0.0958. The molecule has 0 unspecified atom stereocenters. The van der Waals surface area contributed by atoms with E-state index in [0.29, 0.717) is 18.9 Å². The summed E-state index contributed by atoms with van der Waals surface area (Å²) in [5.74, 6) is 1.20. The van der Waals surface area contributed by atoms with Crippen molar-refractivity contribution in [2.45, 2.75) is 25.2 Å². The summed E-state index contributed by atoms with van der Waals surface area (Å²) < 4.78 is 5.27. The fourth-order valence-corrected chi connectivity index (χ4v) is 2.88. The maximum absolute atomic E-state index is 12.1. The van der Waals surface area contributed by atoms with E-state index in [0.717, 1.165) is 31.7 Å². The topological polar surface area (TPSA) is 58.6 Å². The van der Waals surface area contributed by atoms with Crippen molar-refractivity contribution in [2.75, 3.05) is 26.7 Å². The summed E-state index contributed by atoms with van der Waals surface area (Å²) in [6, 6.07) is 8.15. The number of nitrogens with one attached hydrogen (secondary N) is 1. The number of piperidine rings is 1. The molecule has 0 aliphatic carbocycles. The van der Waals surface area contributed by atoms with Gasteiger partial charge < -0.3 is 15.0 Å². The number of amides is 2. The number of methoxy groups -OCH3 is 1. The second-order valence-corrected chi connectivity index (χ2v) is 5.68. The second-order valence-electron chi connectivity index (χ2n) is 5.68. The van der Waals surface area contributed by atoms with Gasteiger partial charge in [-0.3, -0.25) is 9.59 Å². The first-order valence-corrected chi connectivity index (χ1v) is 7.96. The number of carbonyl (C=O) groups is 2. The Labute approximate surface area is 137 Å². The molecule has 0 saturated carbocycles. The smallest absolute Gasteiger partial charge is 0.243 e. The number of likely N-dealkylation sites (tertiary alicyclic amines) is 1. The van der Waals surface area contributed by atoms with Gasteiger partial charge in [0.1, 0.15) is 5.75 Å². The summed E-state index contributed by atoms with van der Waals surface area (Å²) in [4.78, 5) is 25.1. The quantitative estimate of drug-likeness (QED) is 0.818. The van der Waals surface area contributed by atoms with Crippen molar-refractivity contribution < 1.29 is 14.3 Å². The molecule has 1 aliphatic rings. The van der Waals surface area contributed by atoms with Gasteiger partial charge in [0.2, 0.25) is 11.8 Å². The standard InChI is InChI=1S/C18H24N2O3/c1-3-17(21)19-10-7-18(22)20-11-8-14(9-12-20)15-5-4-6-16(13-15)23-2/h3-6,13-14H,1,7-12H2,2H3,(H,19,21). The lowest BCUT2D eigenvalue weighted by Gasteiger charge is -2.32. The van der Waals surface area contributed by atoms with Crippen molar-refractivity contribution in [3.05, 3.63) is 42.5 Å². The highest BCUT2D eigenvalue weighted by atomic mass is 16.5. The summed E-state index contributed by atoms with van der Waals surface area (Å²) >= 11 is 0. The molecule has 5 heteroatoms. The molecule has 124 valence electrons. The van der Waals surface area contributed by atoms with Crippen molar-refractivity contribution in [1.82, 2.24) is 10.2 Å². The molecule has 0 atom stereocenters. The Morgan fingerprint density at radius 3 is 2.78 bits per heavy atom. The number of benzene rings is 1. The van der Waals surface area contributed by atoms with Crippen LogP contribution in [0.15, 0.2) is 36.9 Å². The number of rotatable bonds is 6. The van der Waals surface area contributed by atoms with E-state index >= 15 is 0 Å². The molecule has 1 aromatic rings. The van der Waals surface area contributed by atoms with Crippen molar-refractivity contribution in [3.63, 3.8) is 0 Å². The summed E-state index contributed by atoms with van der Waals surface area (Å²) in [6.45, 7) is 5.26. The zero-order valence-electron chi connectivity index (χ0n) is 13.6. The van der Waals surface area contributed by atoms with Crippen LogP contribution in [-0.4, -0.2) is 43.5 Å². The molecule has 5 nitrogen and oxygen atoms in total. The van der Waals surface area contributed by atoms with Gasteiger partial charge in [-0.05, 0) is 42.5 Å². The lowest BCUT2D eigenvalue weighted by atomic mass is 9.89. The molecule has 0 aromatic heterocycles. The third kappa shape index (κ3) is 4.84. The normalized spacial score (nSPS) is 15.1. The first-order valence-electron chi connectivity index (χ1n) is 7.96. The molecule has 1 fully saturated rings. The Balaban J connectivity index is 1.79. The summed E-state index contributed by atoms with van der Waals surface area (Å²) in [5.41, 5.74) is 1.27. The summed E-state index contributed by atoms with van der Waals surface area (Å²) in [5, 5.41) is 2.63. The average Bonchev–Trinajstić information content (AvgIpc) is 2.61. The van der Waals surface area contributed by atoms with Gasteiger partial charge in [-0.1, -0.05) is 18.7 Å². The molecule has 1 heterocycles. The van der Waals surface area contributed by atoms with E-state index in [1.165, 1.54) is 11.6 Å². The monoisotopic (exact) mass is 316 g/mol. The predicted octanol–water partition coefficient (Wildman–Crippen LogP) is 2.09. The molecule has 1 saturated heterocycles. The Morgan fingerprint density at radius 1 is 1.39 bits per heavy atom. The van der Waals surface area contributed by atoms with Crippen molar-refractivity contribution >= 4 is 11.8 Å². The Morgan fingerprint density at radius 2 is 2.13 bits per heavy atom. The Bertz CT molecular complexity index is 563. The van der Waals surface area contributed by atoms with Gasteiger partial charge in [0.15, 0.2) is 0 Å². The van der Waals surface area contributed by atoms with Crippen LogP contribution in [0.2, 0.25) is 0 Å². The third-order valence-corrected chi connectivity index (χ3v) is 4.24. The molecule has 1 N–H and O–H groups in total. The fourth-order valence-electron chi connectivity index (χ4n) is 2.88. The Kier molecular flexibility index (Phi) is 6.20. The van der Waals surface area contributed by atoms with Gasteiger partial charge in [-0.2, -0.15) is 0 Å². The van der Waals surface area contributed by atoms with Crippen molar-refractivity contribution in [1.29, 1.82) is 0 Å². The fraction of sp³-hybridized carbons (Fsp3) is 0.444. The molecular weight excluding hydrogens is 292 g/mol. The lowest BCUT2D eigenvalue weighted by molar-refractivity contribution is -0.132.